The third kappa shape index (κ3) is 2.57. The smallest absolute Gasteiger partial charge is 0.326 e. The summed E-state index contributed by atoms with van der Waals surface area (Å²) < 4.78 is 0.546. The minimum absolute atomic E-state index is 0.357. The molecule has 5 nitrogen and oxygen atoms in total. The van der Waals surface area contributed by atoms with Crippen molar-refractivity contribution in [2.75, 3.05) is 7.05 Å². The van der Waals surface area contributed by atoms with Gasteiger partial charge in [0.1, 0.15) is 6.04 Å². The third-order valence-electron chi connectivity index (χ3n) is 2.26. The summed E-state index contributed by atoms with van der Waals surface area (Å²) in [5.74, 6) is -1.40. The summed E-state index contributed by atoms with van der Waals surface area (Å²) in [4.78, 5) is 27.7. The zero-order valence-corrected chi connectivity index (χ0v) is 10.4. The summed E-state index contributed by atoms with van der Waals surface area (Å²) in [5.41, 5.74) is 0.394. The van der Waals surface area contributed by atoms with Gasteiger partial charge < -0.3 is 10.0 Å². The van der Waals surface area contributed by atoms with Gasteiger partial charge in [0.25, 0.3) is 5.91 Å². The van der Waals surface area contributed by atoms with Crippen molar-refractivity contribution in [1.82, 2.24) is 9.88 Å². The predicted octanol–water partition coefficient (Wildman–Crippen LogP) is 1.39. The Morgan fingerprint density at radius 3 is 2.69 bits per heavy atom. The van der Waals surface area contributed by atoms with Gasteiger partial charge in [-0.05, 0) is 28.9 Å². The molecule has 1 atom stereocenters. The minimum atomic E-state index is -1.04. The van der Waals surface area contributed by atoms with E-state index in [9.17, 15) is 9.59 Å². The molecule has 0 radical (unpaired) electrons. The fraction of sp³-hybridized carbons (Fsp3) is 0.300. The molecule has 0 aliphatic rings. The van der Waals surface area contributed by atoms with Crippen LogP contribution in [0.25, 0.3) is 0 Å². The van der Waals surface area contributed by atoms with E-state index in [-0.39, 0.29) is 5.91 Å². The van der Waals surface area contributed by atoms with Gasteiger partial charge >= 0.3 is 5.97 Å². The summed E-state index contributed by atoms with van der Waals surface area (Å²) in [6.07, 6.45) is 2.98. The van der Waals surface area contributed by atoms with E-state index >= 15 is 0 Å². The fourth-order valence-corrected chi connectivity index (χ4v) is 1.50. The number of halogens is 1. The number of carboxylic acids is 1. The fourth-order valence-electron chi connectivity index (χ4n) is 1.08. The summed E-state index contributed by atoms with van der Waals surface area (Å²) in [5, 5.41) is 8.80. The van der Waals surface area contributed by atoms with Gasteiger partial charge in [-0.15, -0.1) is 0 Å². The Balaban J connectivity index is 2.95. The van der Waals surface area contributed by atoms with Crippen LogP contribution in [0.1, 0.15) is 17.3 Å². The number of rotatable bonds is 3. The van der Waals surface area contributed by atoms with Crippen LogP contribution in [0.5, 0.6) is 0 Å². The molecule has 0 aliphatic heterocycles. The van der Waals surface area contributed by atoms with Crippen LogP contribution in [0.2, 0.25) is 0 Å². The highest BCUT2D eigenvalue weighted by Gasteiger charge is 2.23. The maximum atomic E-state index is 11.9. The van der Waals surface area contributed by atoms with Crippen LogP contribution in [0, 0.1) is 0 Å². The van der Waals surface area contributed by atoms with Crippen LogP contribution in [-0.2, 0) is 4.79 Å². The summed E-state index contributed by atoms with van der Waals surface area (Å²) in [6, 6.07) is 0.671. The number of likely N-dealkylation sites (N-methyl/N-ethyl adjacent to an activating group) is 1. The number of carbonyl (C=O) groups excluding carboxylic acids is 1. The first-order valence-corrected chi connectivity index (χ1v) is 5.34. The number of nitrogens with zero attached hydrogens (tertiary/aromatic N) is 2. The Morgan fingerprint density at radius 1 is 1.56 bits per heavy atom. The summed E-state index contributed by atoms with van der Waals surface area (Å²) >= 11 is 3.19. The quantitative estimate of drug-likeness (QED) is 0.912. The molecule has 0 fully saturated rings. The van der Waals surface area contributed by atoms with E-state index in [0.717, 1.165) is 0 Å². The molecule has 1 aromatic rings. The predicted molar refractivity (Wildman–Crippen MR) is 61.1 cm³/mol. The molecule has 1 N–H and O–H groups in total. The van der Waals surface area contributed by atoms with Gasteiger partial charge in [0, 0.05) is 23.9 Å². The van der Waals surface area contributed by atoms with Gasteiger partial charge in [-0.2, -0.15) is 0 Å². The zero-order valence-electron chi connectivity index (χ0n) is 8.85. The molecule has 0 saturated carbocycles. The Kier molecular flexibility index (Phi) is 4.00. The van der Waals surface area contributed by atoms with E-state index in [1.807, 2.05) is 0 Å². The second-order valence-electron chi connectivity index (χ2n) is 3.29. The topological polar surface area (TPSA) is 70.5 Å². The van der Waals surface area contributed by atoms with Crippen LogP contribution >= 0.6 is 15.9 Å². The highest BCUT2D eigenvalue weighted by atomic mass is 79.9. The van der Waals surface area contributed by atoms with Crippen LogP contribution in [-0.4, -0.2) is 40.0 Å². The van der Waals surface area contributed by atoms with E-state index in [1.165, 1.54) is 37.3 Å². The van der Waals surface area contributed by atoms with E-state index in [2.05, 4.69) is 20.9 Å². The first kappa shape index (κ1) is 12.6. The molecular weight excluding hydrogens is 276 g/mol. The molecule has 0 bridgehead atoms. The molecule has 1 heterocycles. The van der Waals surface area contributed by atoms with Crippen molar-refractivity contribution >= 4 is 27.8 Å². The molecule has 1 amide bonds. The van der Waals surface area contributed by atoms with E-state index in [0.29, 0.717) is 10.0 Å². The van der Waals surface area contributed by atoms with Crippen molar-refractivity contribution in [3.8, 4) is 0 Å². The van der Waals surface area contributed by atoms with Crippen molar-refractivity contribution in [3.63, 3.8) is 0 Å². The van der Waals surface area contributed by atoms with Gasteiger partial charge in [-0.1, -0.05) is 0 Å². The number of carbonyl (C=O) groups is 2. The van der Waals surface area contributed by atoms with Gasteiger partial charge in [0.2, 0.25) is 0 Å². The number of hydrogen-bond donors (Lipinski definition) is 1. The van der Waals surface area contributed by atoms with E-state index in [4.69, 9.17) is 5.11 Å². The van der Waals surface area contributed by atoms with Crippen molar-refractivity contribution in [2.24, 2.45) is 0 Å². The molecule has 6 heteroatoms. The van der Waals surface area contributed by atoms with Gasteiger partial charge in [-0.25, -0.2) is 4.79 Å². The van der Waals surface area contributed by atoms with Crippen LogP contribution in [0.4, 0.5) is 0 Å². The maximum absolute atomic E-state index is 11.9. The summed E-state index contributed by atoms with van der Waals surface area (Å²) in [6.45, 7) is 1.45. The number of amides is 1. The van der Waals surface area contributed by atoms with Crippen molar-refractivity contribution in [1.29, 1.82) is 0 Å². The molecule has 1 rings (SSSR count). The van der Waals surface area contributed by atoms with Crippen molar-refractivity contribution in [3.05, 3.63) is 28.5 Å². The first-order chi connectivity index (χ1) is 7.45. The lowest BCUT2D eigenvalue weighted by Crippen LogP contribution is -2.40. The van der Waals surface area contributed by atoms with Crippen LogP contribution in [0.15, 0.2) is 22.9 Å². The first-order valence-electron chi connectivity index (χ1n) is 4.54. The monoisotopic (exact) mass is 286 g/mol. The Hall–Kier alpha value is -1.43. The van der Waals surface area contributed by atoms with Gasteiger partial charge in [0.05, 0.1) is 5.56 Å². The zero-order chi connectivity index (χ0) is 12.3. The highest BCUT2D eigenvalue weighted by Crippen LogP contribution is 2.17. The summed E-state index contributed by atoms with van der Waals surface area (Å²) in [7, 11) is 1.45. The molecule has 0 saturated heterocycles. The lowest BCUT2D eigenvalue weighted by atomic mass is 10.2. The van der Waals surface area contributed by atoms with Gasteiger partial charge in [-0.3, -0.25) is 9.78 Å². The number of carboxylic acid groups (broad SMARTS) is 1. The molecular formula is C10H11BrN2O3. The Labute approximate surface area is 101 Å². The Bertz CT molecular complexity index is 422. The van der Waals surface area contributed by atoms with Gasteiger partial charge in [0.15, 0.2) is 0 Å². The largest absolute Gasteiger partial charge is 0.480 e. The second kappa shape index (κ2) is 5.07. The molecule has 0 aliphatic carbocycles. The van der Waals surface area contributed by atoms with E-state index in [1.54, 1.807) is 0 Å². The van der Waals surface area contributed by atoms with Crippen LogP contribution < -0.4 is 0 Å². The number of aliphatic carboxylic acids is 1. The Morgan fingerprint density at radius 2 is 2.19 bits per heavy atom. The van der Waals surface area contributed by atoms with Crippen LogP contribution in [0.3, 0.4) is 0 Å². The number of aromatic nitrogens is 1. The average molecular weight is 287 g/mol. The lowest BCUT2D eigenvalue weighted by molar-refractivity contribution is -0.141. The standard InChI is InChI=1S/C10H11BrN2O3/c1-6(10(15)16)13(2)9(14)7-3-4-12-5-8(7)11/h3-6H,1-2H3,(H,15,16). The molecule has 16 heavy (non-hydrogen) atoms. The number of hydrogen-bond acceptors (Lipinski definition) is 3. The lowest BCUT2D eigenvalue weighted by Gasteiger charge is -2.21. The molecule has 1 unspecified atom stereocenters. The average Bonchev–Trinajstić information content (AvgIpc) is 2.26. The highest BCUT2D eigenvalue weighted by molar-refractivity contribution is 9.10. The third-order valence-corrected chi connectivity index (χ3v) is 2.89. The minimum Gasteiger partial charge on any atom is -0.480 e. The van der Waals surface area contributed by atoms with E-state index < -0.39 is 12.0 Å². The molecule has 1 aromatic heterocycles. The van der Waals surface area contributed by atoms with Crippen molar-refractivity contribution < 1.29 is 14.7 Å². The number of pyridine rings is 1. The second-order valence-corrected chi connectivity index (χ2v) is 4.14. The molecule has 0 aromatic carbocycles. The molecule has 86 valence electrons. The van der Waals surface area contributed by atoms with Crippen molar-refractivity contribution in [2.45, 2.75) is 13.0 Å². The normalized spacial score (nSPS) is 11.9. The molecule has 0 spiro atoms. The maximum Gasteiger partial charge on any atom is 0.326 e. The SMILES string of the molecule is CC(C(=O)O)N(C)C(=O)c1ccncc1Br.